The maximum atomic E-state index is 12.1. The van der Waals surface area contributed by atoms with Crippen LogP contribution in [0.1, 0.15) is 31.2 Å². The van der Waals surface area contributed by atoms with Gasteiger partial charge in [0.25, 0.3) is 0 Å². The monoisotopic (exact) mass is 370 g/mol. The van der Waals surface area contributed by atoms with Crippen LogP contribution in [0.5, 0.6) is 5.88 Å². The van der Waals surface area contributed by atoms with Crippen LogP contribution in [0, 0.1) is 11.8 Å². The Morgan fingerprint density at radius 3 is 2.50 bits per heavy atom. The van der Waals surface area contributed by atoms with E-state index in [-0.39, 0.29) is 5.88 Å². The van der Waals surface area contributed by atoms with Crippen molar-refractivity contribution in [2.45, 2.75) is 38.4 Å². The van der Waals surface area contributed by atoms with Crippen molar-refractivity contribution >= 4 is 5.96 Å². The van der Waals surface area contributed by atoms with E-state index in [9.17, 15) is 13.2 Å². The molecule has 1 aromatic heterocycles. The van der Waals surface area contributed by atoms with Crippen molar-refractivity contribution in [2.75, 3.05) is 26.7 Å². The number of aromatic nitrogens is 1. The molecule has 2 heterocycles. The van der Waals surface area contributed by atoms with Gasteiger partial charge in [-0.25, -0.2) is 4.98 Å². The first-order chi connectivity index (χ1) is 12.4. The molecule has 3 rings (SSSR count). The van der Waals surface area contributed by atoms with Gasteiger partial charge >= 0.3 is 6.18 Å². The highest BCUT2D eigenvalue weighted by molar-refractivity contribution is 5.80. The molecule has 8 heteroatoms. The van der Waals surface area contributed by atoms with Crippen LogP contribution >= 0.6 is 0 Å². The van der Waals surface area contributed by atoms with Gasteiger partial charge in [-0.3, -0.25) is 4.99 Å². The number of rotatable bonds is 4. The van der Waals surface area contributed by atoms with Crippen molar-refractivity contribution in [3.63, 3.8) is 0 Å². The summed E-state index contributed by atoms with van der Waals surface area (Å²) in [5, 5.41) is 3.33. The average molecular weight is 370 g/mol. The molecule has 0 spiro atoms. The van der Waals surface area contributed by atoms with Crippen LogP contribution in [-0.4, -0.2) is 48.8 Å². The Hall–Kier alpha value is -1.99. The average Bonchev–Trinajstić information content (AvgIpc) is 3.05. The van der Waals surface area contributed by atoms with Crippen LogP contribution in [0.4, 0.5) is 13.2 Å². The van der Waals surface area contributed by atoms with E-state index in [0.717, 1.165) is 36.4 Å². The lowest BCUT2D eigenvalue weighted by Crippen LogP contribution is -2.39. The third-order valence-corrected chi connectivity index (χ3v) is 5.12. The Morgan fingerprint density at radius 1 is 1.27 bits per heavy atom. The lowest BCUT2D eigenvalue weighted by Gasteiger charge is -2.22. The van der Waals surface area contributed by atoms with Gasteiger partial charge in [-0.1, -0.05) is 18.9 Å². The van der Waals surface area contributed by atoms with Crippen molar-refractivity contribution in [1.29, 1.82) is 0 Å². The van der Waals surface area contributed by atoms with Crippen molar-refractivity contribution in [3.05, 3.63) is 23.9 Å². The van der Waals surface area contributed by atoms with Gasteiger partial charge in [0.2, 0.25) is 5.88 Å². The first-order valence-electron chi connectivity index (χ1n) is 9.04. The van der Waals surface area contributed by atoms with Gasteiger partial charge in [-0.2, -0.15) is 13.2 Å². The minimum atomic E-state index is -4.36. The maximum Gasteiger partial charge on any atom is 0.422 e. The highest BCUT2D eigenvalue weighted by Crippen LogP contribution is 2.35. The van der Waals surface area contributed by atoms with E-state index in [0.29, 0.717) is 6.54 Å². The SMILES string of the molecule is CN=C(NCc1ccc(OCC(F)(F)F)nc1)N1CC2CCCCC2C1. The minimum absolute atomic E-state index is 0.0286. The van der Waals surface area contributed by atoms with Crippen LogP contribution in [0.25, 0.3) is 0 Å². The molecule has 2 unspecified atom stereocenters. The minimum Gasteiger partial charge on any atom is -0.468 e. The molecule has 1 aliphatic heterocycles. The number of ether oxygens (including phenoxy) is 1. The summed E-state index contributed by atoms with van der Waals surface area (Å²) in [5.41, 5.74) is 0.863. The quantitative estimate of drug-likeness (QED) is 0.653. The number of fused-ring (bicyclic) bond motifs is 1. The molecule has 0 aromatic carbocycles. The van der Waals surface area contributed by atoms with Gasteiger partial charge in [0.1, 0.15) is 0 Å². The Balaban J connectivity index is 1.49. The van der Waals surface area contributed by atoms with E-state index in [1.165, 1.54) is 37.9 Å². The first-order valence-corrected chi connectivity index (χ1v) is 9.04. The lowest BCUT2D eigenvalue weighted by molar-refractivity contribution is -0.154. The van der Waals surface area contributed by atoms with Gasteiger partial charge in [0, 0.05) is 38.9 Å². The standard InChI is InChI=1S/C18H25F3N4O/c1-22-17(25-10-14-4-2-3-5-15(14)11-25)24-9-13-6-7-16(23-8-13)26-12-18(19,20)21/h6-8,14-15H,2-5,9-12H2,1H3,(H,22,24). The fourth-order valence-corrected chi connectivity index (χ4v) is 3.85. The summed E-state index contributed by atoms with van der Waals surface area (Å²) in [5.74, 6) is 2.39. The maximum absolute atomic E-state index is 12.1. The molecule has 0 radical (unpaired) electrons. The lowest BCUT2D eigenvalue weighted by atomic mass is 9.82. The number of guanidine groups is 1. The summed E-state index contributed by atoms with van der Waals surface area (Å²) in [6.07, 6.45) is 2.44. The Kier molecular flexibility index (Phi) is 5.88. The molecule has 1 aromatic rings. The Labute approximate surface area is 151 Å². The van der Waals surface area contributed by atoms with E-state index < -0.39 is 12.8 Å². The van der Waals surface area contributed by atoms with Crippen LogP contribution < -0.4 is 10.1 Å². The van der Waals surface area contributed by atoms with Crippen LogP contribution in [0.2, 0.25) is 0 Å². The first kappa shape index (κ1) is 18.8. The third kappa shape index (κ3) is 5.02. The Morgan fingerprint density at radius 2 is 1.96 bits per heavy atom. The van der Waals surface area contributed by atoms with Gasteiger partial charge < -0.3 is 15.0 Å². The van der Waals surface area contributed by atoms with E-state index in [1.807, 2.05) is 0 Å². The zero-order valence-electron chi connectivity index (χ0n) is 14.9. The largest absolute Gasteiger partial charge is 0.468 e. The van der Waals surface area contributed by atoms with Crippen molar-refractivity contribution < 1.29 is 17.9 Å². The van der Waals surface area contributed by atoms with Crippen LogP contribution in [-0.2, 0) is 6.54 Å². The number of hydrogen-bond acceptors (Lipinski definition) is 3. The van der Waals surface area contributed by atoms with E-state index in [4.69, 9.17) is 0 Å². The molecule has 1 saturated carbocycles. The zero-order chi connectivity index (χ0) is 18.6. The zero-order valence-corrected chi connectivity index (χ0v) is 14.9. The van der Waals surface area contributed by atoms with Crippen molar-refractivity contribution in [2.24, 2.45) is 16.8 Å². The molecule has 2 fully saturated rings. The van der Waals surface area contributed by atoms with Gasteiger partial charge in [0.15, 0.2) is 12.6 Å². The highest BCUT2D eigenvalue weighted by Gasteiger charge is 2.35. The number of alkyl halides is 3. The van der Waals surface area contributed by atoms with Gasteiger partial charge in [-0.05, 0) is 30.2 Å². The summed E-state index contributed by atoms with van der Waals surface area (Å²) >= 11 is 0. The Bertz CT molecular complexity index is 604. The number of hydrogen-bond donors (Lipinski definition) is 1. The predicted octanol–water partition coefficient (Wildman–Crippen LogP) is 3.22. The van der Waals surface area contributed by atoms with E-state index >= 15 is 0 Å². The molecule has 1 N–H and O–H groups in total. The number of nitrogens with one attached hydrogen (secondary N) is 1. The molecule has 1 saturated heterocycles. The fraction of sp³-hybridized carbons (Fsp3) is 0.667. The molecular formula is C18H25F3N4O. The molecule has 1 aliphatic carbocycles. The van der Waals surface area contributed by atoms with Crippen molar-refractivity contribution in [3.8, 4) is 5.88 Å². The summed E-state index contributed by atoms with van der Waals surface area (Å²) in [6, 6.07) is 3.17. The number of pyridine rings is 1. The van der Waals surface area contributed by atoms with E-state index in [1.54, 1.807) is 13.1 Å². The molecule has 26 heavy (non-hydrogen) atoms. The summed E-state index contributed by atoms with van der Waals surface area (Å²) in [4.78, 5) is 10.6. The molecular weight excluding hydrogens is 345 g/mol. The molecule has 2 aliphatic rings. The summed E-state index contributed by atoms with van der Waals surface area (Å²) in [6.45, 7) is 1.28. The van der Waals surface area contributed by atoms with Gasteiger partial charge in [0.05, 0.1) is 0 Å². The second-order valence-electron chi connectivity index (χ2n) is 7.02. The molecule has 5 nitrogen and oxygen atoms in total. The highest BCUT2D eigenvalue weighted by atomic mass is 19.4. The van der Waals surface area contributed by atoms with Crippen molar-refractivity contribution in [1.82, 2.24) is 15.2 Å². The third-order valence-electron chi connectivity index (χ3n) is 5.12. The van der Waals surface area contributed by atoms with Crippen LogP contribution in [0.3, 0.4) is 0 Å². The van der Waals surface area contributed by atoms with Crippen LogP contribution in [0.15, 0.2) is 23.3 Å². The number of nitrogens with zero attached hydrogens (tertiary/aromatic N) is 3. The van der Waals surface area contributed by atoms with E-state index in [2.05, 4.69) is 24.9 Å². The number of halogens is 3. The van der Waals surface area contributed by atoms with Gasteiger partial charge in [-0.15, -0.1) is 0 Å². The number of aliphatic imine (C=N–C) groups is 1. The molecule has 144 valence electrons. The second-order valence-corrected chi connectivity index (χ2v) is 7.02. The second kappa shape index (κ2) is 8.14. The normalized spacial score (nSPS) is 23.7. The topological polar surface area (TPSA) is 49.8 Å². The fourth-order valence-electron chi connectivity index (χ4n) is 3.85. The molecule has 0 amide bonds. The molecule has 2 atom stereocenters. The smallest absolute Gasteiger partial charge is 0.422 e. The molecule has 0 bridgehead atoms. The summed E-state index contributed by atoms with van der Waals surface area (Å²) < 4.78 is 41.1. The number of likely N-dealkylation sites (tertiary alicyclic amines) is 1. The summed E-state index contributed by atoms with van der Waals surface area (Å²) in [7, 11) is 1.77. The predicted molar refractivity (Wildman–Crippen MR) is 93.0 cm³/mol.